The third-order valence-corrected chi connectivity index (χ3v) is 2.33. The molecule has 0 bridgehead atoms. The third kappa shape index (κ3) is 3.08. The van der Waals surface area contributed by atoms with Crippen molar-refractivity contribution in [2.45, 2.75) is 40.2 Å². The molecule has 0 radical (unpaired) electrons. The van der Waals surface area contributed by atoms with Gasteiger partial charge in [-0.15, -0.1) is 0 Å². The van der Waals surface area contributed by atoms with E-state index in [0.29, 0.717) is 5.69 Å². The highest BCUT2D eigenvalue weighted by molar-refractivity contribution is 5.92. The number of hydrogen-bond donors (Lipinski definition) is 1. The van der Waals surface area contributed by atoms with Crippen LogP contribution in [-0.4, -0.2) is 22.2 Å². The summed E-state index contributed by atoms with van der Waals surface area (Å²) in [6.07, 6.45) is 2.10. The summed E-state index contributed by atoms with van der Waals surface area (Å²) in [6.45, 7) is 7.60. The fourth-order valence-electron chi connectivity index (χ4n) is 1.41. The first-order valence-corrected chi connectivity index (χ1v) is 5.51. The van der Waals surface area contributed by atoms with Gasteiger partial charge in [-0.2, -0.15) is 5.10 Å². The fourth-order valence-corrected chi connectivity index (χ4v) is 1.41. The van der Waals surface area contributed by atoms with E-state index in [2.05, 4.69) is 17.3 Å². The molecule has 0 aliphatic rings. The van der Waals surface area contributed by atoms with Gasteiger partial charge in [-0.05, 0) is 26.3 Å². The lowest BCUT2D eigenvalue weighted by Crippen LogP contribution is -2.24. The lowest BCUT2D eigenvalue weighted by atomic mass is 10.3. The van der Waals surface area contributed by atoms with Gasteiger partial charge in [-0.3, -0.25) is 9.48 Å². The highest BCUT2D eigenvalue weighted by atomic mass is 16.1. The van der Waals surface area contributed by atoms with Crippen molar-refractivity contribution in [3.05, 3.63) is 17.5 Å². The molecule has 1 N–H and O–H groups in total. The van der Waals surface area contributed by atoms with Gasteiger partial charge in [0.05, 0.1) is 0 Å². The molecule has 0 saturated heterocycles. The Morgan fingerprint density at radius 3 is 2.80 bits per heavy atom. The Bertz CT molecular complexity index is 331. The van der Waals surface area contributed by atoms with Crippen LogP contribution in [0, 0.1) is 6.92 Å². The van der Waals surface area contributed by atoms with Crippen molar-refractivity contribution in [2.75, 3.05) is 6.54 Å². The van der Waals surface area contributed by atoms with Gasteiger partial charge in [0.2, 0.25) is 0 Å². The molecule has 0 spiro atoms. The number of carbonyl (C=O) groups is 1. The lowest BCUT2D eigenvalue weighted by molar-refractivity contribution is 0.0947. The predicted molar refractivity (Wildman–Crippen MR) is 59.9 cm³/mol. The van der Waals surface area contributed by atoms with Crippen molar-refractivity contribution in [2.24, 2.45) is 0 Å². The SMILES string of the molecule is CCCCNC(=O)c1cc(C)n(CC)n1. The average molecular weight is 209 g/mol. The molecule has 0 saturated carbocycles. The number of nitrogens with one attached hydrogen (secondary N) is 1. The Labute approximate surface area is 90.7 Å². The molecule has 1 rings (SSSR count). The number of rotatable bonds is 5. The molecule has 1 aromatic heterocycles. The molecule has 4 heteroatoms. The smallest absolute Gasteiger partial charge is 0.271 e. The van der Waals surface area contributed by atoms with Crippen LogP contribution in [0.4, 0.5) is 0 Å². The molecule has 0 fully saturated rings. The highest BCUT2D eigenvalue weighted by Crippen LogP contribution is 2.02. The summed E-state index contributed by atoms with van der Waals surface area (Å²) in [6, 6.07) is 1.82. The van der Waals surface area contributed by atoms with Crippen LogP contribution in [0.25, 0.3) is 0 Å². The molecule has 4 nitrogen and oxygen atoms in total. The van der Waals surface area contributed by atoms with E-state index in [1.54, 1.807) is 0 Å². The molecule has 1 amide bonds. The number of hydrogen-bond acceptors (Lipinski definition) is 2. The van der Waals surface area contributed by atoms with Crippen LogP contribution in [0.1, 0.15) is 42.9 Å². The van der Waals surface area contributed by atoms with E-state index in [9.17, 15) is 4.79 Å². The molecule has 1 heterocycles. The average Bonchev–Trinajstić information content (AvgIpc) is 2.60. The first kappa shape index (κ1) is 11.8. The van der Waals surface area contributed by atoms with Gasteiger partial charge in [0.15, 0.2) is 0 Å². The van der Waals surface area contributed by atoms with Gasteiger partial charge >= 0.3 is 0 Å². The summed E-state index contributed by atoms with van der Waals surface area (Å²) in [5.41, 5.74) is 1.54. The van der Waals surface area contributed by atoms with Gasteiger partial charge in [0.25, 0.3) is 5.91 Å². The molecular formula is C11H19N3O. The summed E-state index contributed by atoms with van der Waals surface area (Å²) in [7, 11) is 0. The van der Waals surface area contributed by atoms with Gasteiger partial charge in [0.1, 0.15) is 5.69 Å². The van der Waals surface area contributed by atoms with Crippen molar-refractivity contribution in [1.29, 1.82) is 0 Å². The molecular weight excluding hydrogens is 190 g/mol. The number of aryl methyl sites for hydroxylation is 2. The van der Waals surface area contributed by atoms with E-state index in [1.807, 2.05) is 24.6 Å². The predicted octanol–water partition coefficient (Wildman–Crippen LogP) is 1.74. The number of unbranched alkanes of at least 4 members (excludes halogenated alkanes) is 1. The highest BCUT2D eigenvalue weighted by Gasteiger charge is 2.10. The zero-order valence-corrected chi connectivity index (χ0v) is 9.71. The van der Waals surface area contributed by atoms with Crippen molar-refractivity contribution in [1.82, 2.24) is 15.1 Å². The molecule has 0 aromatic carbocycles. The first-order valence-electron chi connectivity index (χ1n) is 5.51. The quantitative estimate of drug-likeness (QED) is 0.751. The maximum atomic E-state index is 11.6. The summed E-state index contributed by atoms with van der Waals surface area (Å²) >= 11 is 0. The van der Waals surface area contributed by atoms with E-state index in [-0.39, 0.29) is 5.91 Å². The molecule has 0 unspecified atom stereocenters. The Morgan fingerprint density at radius 2 is 2.27 bits per heavy atom. The molecule has 0 aliphatic carbocycles. The maximum Gasteiger partial charge on any atom is 0.271 e. The number of carbonyl (C=O) groups excluding carboxylic acids is 1. The van der Waals surface area contributed by atoms with Crippen LogP contribution < -0.4 is 5.32 Å². The summed E-state index contributed by atoms with van der Waals surface area (Å²) < 4.78 is 1.83. The fraction of sp³-hybridized carbons (Fsp3) is 0.636. The Balaban J connectivity index is 2.58. The Kier molecular flexibility index (Phi) is 4.34. The van der Waals surface area contributed by atoms with E-state index in [1.165, 1.54) is 0 Å². The minimum Gasteiger partial charge on any atom is -0.351 e. The van der Waals surface area contributed by atoms with E-state index in [0.717, 1.165) is 31.6 Å². The van der Waals surface area contributed by atoms with Crippen molar-refractivity contribution >= 4 is 5.91 Å². The van der Waals surface area contributed by atoms with Gasteiger partial charge < -0.3 is 5.32 Å². The van der Waals surface area contributed by atoms with Crippen molar-refractivity contribution < 1.29 is 4.79 Å². The van der Waals surface area contributed by atoms with Crippen LogP contribution in [0.5, 0.6) is 0 Å². The molecule has 15 heavy (non-hydrogen) atoms. The van der Waals surface area contributed by atoms with E-state index >= 15 is 0 Å². The minimum atomic E-state index is -0.0706. The van der Waals surface area contributed by atoms with Gasteiger partial charge in [-0.1, -0.05) is 13.3 Å². The maximum absolute atomic E-state index is 11.6. The van der Waals surface area contributed by atoms with Crippen LogP contribution in [0.15, 0.2) is 6.07 Å². The van der Waals surface area contributed by atoms with E-state index in [4.69, 9.17) is 0 Å². The second-order valence-corrected chi connectivity index (χ2v) is 3.60. The number of aromatic nitrogens is 2. The number of nitrogens with zero attached hydrogens (tertiary/aromatic N) is 2. The molecule has 0 aliphatic heterocycles. The normalized spacial score (nSPS) is 10.3. The van der Waals surface area contributed by atoms with Crippen LogP contribution in [-0.2, 0) is 6.54 Å². The minimum absolute atomic E-state index is 0.0706. The number of amides is 1. The van der Waals surface area contributed by atoms with E-state index < -0.39 is 0 Å². The van der Waals surface area contributed by atoms with Crippen LogP contribution >= 0.6 is 0 Å². The third-order valence-electron chi connectivity index (χ3n) is 2.33. The van der Waals surface area contributed by atoms with Crippen molar-refractivity contribution in [3.8, 4) is 0 Å². The molecule has 0 atom stereocenters. The second kappa shape index (κ2) is 5.53. The van der Waals surface area contributed by atoms with Crippen LogP contribution in [0.3, 0.4) is 0 Å². The van der Waals surface area contributed by atoms with Crippen LogP contribution in [0.2, 0.25) is 0 Å². The monoisotopic (exact) mass is 209 g/mol. The van der Waals surface area contributed by atoms with Gasteiger partial charge in [0, 0.05) is 18.8 Å². The topological polar surface area (TPSA) is 46.9 Å². The largest absolute Gasteiger partial charge is 0.351 e. The summed E-state index contributed by atoms with van der Waals surface area (Å²) in [5, 5.41) is 7.06. The molecule has 84 valence electrons. The Morgan fingerprint density at radius 1 is 1.53 bits per heavy atom. The Hall–Kier alpha value is -1.32. The zero-order chi connectivity index (χ0) is 11.3. The first-order chi connectivity index (χ1) is 7.19. The molecule has 1 aromatic rings. The zero-order valence-electron chi connectivity index (χ0n) is 9.71. The summed E-state index contributed by atoms with van der Waals surface area (Å²) in [4.78, 5) is 11.6. The lowest BCUT2D eigenvalue weighted by Gasteiger charge is -2.00. The van der Waals surface area contributed by atoms with Gasteiger partial charge in [-0.25, -0.2) is 0 Å². The van der Waals surface area contributed by atoms with Crippen molar-refractivity contribution in [3.63, 3.8) is 0 Å². The second-order valence-electron chi connectivity index (χ2n) is 3.60. The summed E-state index contributed by atoms with van der Waals surface area (Å²) in [5.74, 6) is -0.0706. The standard InChI is InChI=1S/C11H19N3O/c1-4-6-7-12-11(15)10-8-9(3)14(5-2)13-10/h8H,4-7H2,1-3H3,(H,12,15).